The van der Waals surface area contributed by atoms with Gasteiger partial charge >= 0.3 is 0 Å². The van der Waals surface area contributed by atoms with Gasteiger partial charge in [-0.3, -0.25) is 4.79 Å². The fraction of sp³-hybridized carbons (Fsp3) is 0.417. The number of hydrogen-bond acceptors (Lipinski definition) is 5. The number of aldehydes is 1. The van der Waals surface area contributed by atoms with Gasteiger partial charge in [0.15, 0.2) is 0 Å². The number of imidazole rings is 1. The Kier molecular flexibility index (Phi) is 6.67. The summed E-state index contributed by atoms with van der Waals surface area (Å²) in [7, 11) is 0. The lowest BCUT2D eigenvalue weighted by molar-refractivity contribution is -0.111. The molecule has 0 bridgehead atoms. The molecule has 0 aromatic carbocycles. The molecule has 1 N–H and O–H groups in total. The van der Waals surface area contributed by atoms with Gasteiger partial charge in [0.25, 0.3) is 12.3 Å². The van der Waals surface area contributed by atoms with Crippen molar-refractivity contribution in [3.63, 3.8) is 0 Å². The number of pyridine rings is 2. The van der Waals surface area contributed by atoms with Crippen LogP contribution >= 0.6 is 0 Å². The van der Waals surface area contributed by atoms with Gasteiger partial charge in [0, 0.05) is 30.3 Å². The average Bonchev–Trinajstić information content (AvgIpc) is 3.21. The molecule has 3 heterocycles. The van der Waals surface area contributed by atoms with Crippen LogP contribution in [0.5, 0.6) is 5.75 Å². The summed E-state index contributed by atoms with van der Waals surface area (Å²) in [6, 6.07) is 5.78. The van der Waals surface area contributed by atoms with Gasteiger partial charge in [-0.2, -0.15) is 0 Å². The van der Waals surface area contributed by atoms with Crippen LogP contribution in [0.1, 0.15) is 73.6 Å². The van der Waals surface area contributed by atoms with Crippen molar-refractivity contribution in [2.45, 2.75) is 58.0 Å². The summed E-state index contributed by atoms with van der Waals surface area (Å²) in [6.45, 7) is 3.70. The number of carbonyl (C=O) groups excluding carboxylic acids is 2. The first-order valence-corrected chi connectivity index (χ1v) is 11.0. The Labute approximate surface area is 190 Å². The van der Waals surface area contributed by atoms with Gasteiger partial charge in [0.1, 0.15) is 29.2 Å². The van der Waals surface area contributed by atoms with Crippen molar-refractivity contribution in [1.29, 1.82) is 0 Å². The third-order valence-electron chi connectivity index (χ3n) is 5.80. The number of nitrogens with one attached hydrogen (secondary N) is 1. The lowest BCUT2D eigenvalue weighted by atomic mass is 9.81. The molecule has 0 spiro atoms. The molecule has 1 saturated carbocycles. The third kappa shape index (κ3) is 5.18. The molecule has 0 radical (unpaired) electrons. The van der Waals surface area contributed by atoms with E-state index in [-0.39, 0.29) is 29.3 Å². The van der Waals surface area contributed by atoms with E-state index in [1.165, 1.54) is 18.2 Å². The number of carbonyl (C=O) groups is 2. The molecule has 1 aliphatic rings. The van der Waals surface area contributed by atoms with Gasteiger partial charge in [0.05, 0.1) is 17.4 Å². The smallest absolute Gasteiger partial charge is 0.280 e. The second-order valence-electron chi connectivity index (χ2n) is 8.60. The van der Waals surface area contributed by atoms with Gasteiger partial charge in [-0.05, 0) is 51.7 Å². The minimum atomic E-state index is -2.73. The predicted octanol–water partition coefficient (Wildman–Crippen LogP) is 5.18. The fourth-order valence-corrected chi connectivity index (χ4v) is 4.13. The van der Waals surface area contributed by atoms with E-state index in [0.717, 1.165) is 37.7 Å². The largest absolute Gasteiger partial charge is 0.490 e. The van der Waals surface area contributed by atoms with Gasteiger partial charge in [-0.15, -0.1) is 0 Å². The molecule has 1 fully saturated rings. The Morgan fingerprint density at radius 2 is 1.94 bits per heavy atom. The van der Waals surface area contributed by atoms with Crippen molar-refractivity contribution < 1.29 is 23.1 Å². The van der Waals surface area contributed by atoms with E-state index < -0.39 is 18.0 Å². The summed E-state index contributed by atoms with van der Waals surface area (Å²) >= 11 is 0. The first-order valence-electron chi connectivity index (χ1n) is 11.0. The molecule has 1 amide bonds. The first-order chi connectivity index (χ1) is 15.8. The molecule has 0 saturated heterocycles. The van der Waals surface area contributed by atoms with Crippen molar-refractivity contribution in [2.24, 2.45) is 5.92 Å². The van der Waals surface area contributed by atoms with Gasteiger partial charge < -0.3 is 19.2 Å². The molecular weight excluding hydrogens is 430 g/mol. The molecule has 174 valence electrons. The SMILES string of the molecule is CC(C)Oc1cc2nc(C3CCC(C=O)CC3)cn2cc1C(=O)Nc1cccc(C(F)F)n1. The second kappa shape index (κ2) is 9.64. The van der Waals surface area contributed by atoms with E-state index >= 15 is 0 Å². The summed E-state index contributed by atoms with van der Waals surface area (Å²) in [4.78, 5) is 32.6. The van der Waals surface area contributed by atoms with Crippen molar-refractivity contribution >= 4 is 23.7 Å². The highest BCUT2D eigenvalue weighted by Gasteiger charge is 2.25. The summed E-state index contributed by atoms with van der Waals surface area (Å²) in [5, 5.41) is 2.58. The maximum Gasteiger partial charge on any atom is 0.280 e. The molecule has 9 heteroatoms. The topological polar surface area (TPSA) is 85.6 Å². The normalized spacial score (nSPS) is 18.6. The molecule has 7 nitrogen and oxygen atoms in total. The summed E-state index contributed by atoms with van der Waals surface area (Å²) in [6.07, 6.45) is 5.12. The third-order valence-corrected chi connectivity index (χ3v) is 5.80. The molecule has 0 aliphatic heterocycles. The quantitative estimate of drug-likeness (QED) is 0.495. The van der Waals surface area contributed by atoms with Gasteiger partial charge in [0.2, 0.25) is 0 Å². The zero-order chi connectivity index (χ0) is 23.5. The Morgan fingerprint density at radius 3 is 2.61 bits per heavy atom. The number of alkyl halides is 2. The van der Waals surface area contributed by atoms with Crippen LogP contribution in [-0.2, 0) is 4.79 Å². The van der Waals surface area contributed by atoms with E-state index in [9.17, 15) is 18.4 Å². The summed E-state index contributed by atoms with van der Waals surface area (Å²) in [5.41, 5.74) is 1.39. The standard InChI is InChI=1S/C24H26F2N4O3/c1-14(2)33-20-10-22-28-19(16-8-6-15(13-31)7-9-16)12-30(22)11-17(20)24(32)29-21-5-3-4-18(27-21)23(25)26/h3-5,10-16,23H,6-9H2,1-2H3,(H,27,29,32). The van der Waals surface area contributed by atoms with Crippen molar-refractivity contribution in [3.8, 4) is 5.75 Å². The number of fused-ring (bicyclic) bond motifs is 1. The number of rotatable bonds is 7. The molecule has 3 aromatic heterocycles. The van der Waals surface area contributed by atoms with Crippen molar-refractivity contribution in [3.05, 3.63) is 53.6 Å². The summed E-state index contributed by atoms with van der Waals surface area (Å²) < 4.78 is 33.6. The van der Waals surface area contributed by atoms with Crippen LogP contribution in [0.15, 0.2) is 36.7 Å². The van der Waals surface area contributed by atoms with E-state index in [1.807, 2.05) is 20.0 Å². The molecule has 33 heavy (non-hydrogen) atoms. The number of nitrogens with zero attached hydrogens (tertiary/aromatic N) is 3. The Balaban J connectivity index is 1.63. The van der Waals surface area contributed by atoms with Gasteiger partial charge in [-0.25, -0.2) is 18.7 Å². The minimum absolute atomic E-state index is 0.0339. The van der Waals surface area contributed by atoms with Crippen LogP contribution in [0.3, 0.4) is 0 Å². The van der Waals surface area contributed by atoms with E-state index in [2.05, 4.69) is 10.3 Å². The van der Waals surface area contributed by atoms with Crippen LogP contribution < -0.4 is 10.1 Å². The maximum absolute atomic E-state index is 13.0. The number of halogens is 2. The van der Waals surface area contributed by atoms with Gasteiger partial charge in [-0.1, -0.05) is 6.07 Å². The average molecular weight is 456 g/mol. The Morgan fingerprint density at radius 1 is 1.18 bits per heavy atom. The van der Waals surface area contributed by atoms with E-state index in [4.69, 9.17) is 9.72 Å². The second-order valence-corrected chi connectivity index (χ2v) is 8.60. The molecule has 4 rings (SSSR count). The summed E-state index contributed by atoms with van der Waals surface area (Å²) in [5.74, 6) is 0.243. The molecule has 1 aliphatic carbocycles. The van der Waals surface area contributed by atoms with Crippen molar-refractivity contribution in [1.82, 2.24) is 14.4 Å². The van der Waals surface area contributed by atoms with E-state index in [0.29, 0.717) is 11.4 Å². The lowest BCUT2D eigenvalue weighted by Crippen LogP contribution is -2.17. The first kappa shape index (κ1) is 22.8. The zero-order valence-corrected chi connectivity index (χ0v) is 18.5. The molecule has 3 aromatic rings. The van der Waals surface area contributed by atoms with Crippen molar-refractivity contribution in [2.75, 3.05) is 5.32 Å². The lowest BCUT2D eigenvalue weighted by Gasteiger charge is -2.23. The van der Waals surface area contributed by atoms with Crippen LogP contribution in [0, 0.1) is 5.92 Å². The highest BCUT2D eigenvalue weighted by molar-refractivity contribution is 6.05. The van der Waals surface area contributed by atoms with Crippen LogP contribution in [0.2, 0.25) is 0 Å². The number of ether oxygens (including phenoxy) is 1. The number of amides is 1. The molecule has 0 unspecified atom stereocenters. The molecular formula is C24H26F2N4O3. The zero-order valence-electron chi connectivity index (χ0n) is 18.5. The Hall–Kier alpha value is -3.36. The van der Waals surface area contributed by atoms with E-state index in [1.54, 1.807) is 16.7 Å². The maximum atomic E-state index is 13.0. The van der Waals surface area contributed by atoms with Crippen LogP contribution in [0.4, 0.5) is 14.6 Å². The highest BCUT2D eigenvalue weighted by Crippen LogP contribution is 2.35. The number of hydrogen-bond donors (Lipinski definition) is 1. The number of aromatic nitrogens is 3. The monoisotopic (exact) mass is 456 g/mol. The predicted molar refractivity (Wildman–Crippen MR) is 119 cm³/mol. The molecule has 0 atom stereocenters. The highest BCUT2D eigenvalue weighted by atomic mass is 19.3. The Bertz CT molecular complexity index is 1150. The minimum Gasteiger partial charge on any atom is -0.490 e. The number of anilines is 1. The fourth-order valence-electron chi connectivity index (χ4n) is 4.13. The van der Waals surface area contributed by atoms with Crippen LogP contribution in [-0.4, -0.2) is 32.7 Å². The van der Waals surface area contributed by atoms with Crippen LogP contribution in [0.25, 0.3) is 5.65 Å².